The summed E-state index contributed by atoms with van der Waals surface area (Å²) in [5.41, 5.74) is 0.463. The fraction of sp³-hybridized carbons (Fsp3) is 1.00. The van der Waals surface area contributed by atoms with E-state index in [9.17, 15) is 0 Å². The fourth-order valence-corrected chi connectivity index (χ4v) is 2.66. The first-order chi connectivity index (χ1) is 9.48. The van der Waals surface area contributed by atoms with Crippen molar-refractivity contribution in [3.63, 3.8) is 0 Å². The van der Waals surface area contributed by atoms with Crippen LogP contribution in [0, 0.1) is 5.41 Å². The smallest absolute Gasteiger partial charge is 0.00106 e. The number of nitrogens with one attached hydrogen (secondary N) is 1. The van der Waals surface area contributed by atoms with Gasteiger partial charge in [-0.25, -0.2) is 0 Å². The van der Waals surface area contributed by atoms with Crippen molar-refractivity contribution in [1.82, 2.24) is 5.32 Å². The lowest BCUT2D eigenvalue weighted by molar-refractivity contribution is 0.292. The number of unbranched alkanes of at least 4 members (excludes halogenated alkanes) is 9. The van der Waals surface area contributed by atoms with Gasteiger partial charge in [-0.05, 0) is 11.8 Å². The molecule has 0 aliphatic heterocycles. The first-order valence-electron chi connectivity index (χ1n) is 9.21. The van der Waals surface area contributed by atoms with Crippen LogP contribution in [0.2, 0.25) is 0 Å². The van der Waals surface area contributed by atoms with Crippen molar-refractivity contribution in [2.45, 2.75) is 111 Å². The monoisotopic (exact) mass is 283 g/mol. The van der Waals surface area contributed by atoms with Crippen molar-refractivity contribution >= 4 is 0 Å². The summed E-state index contributed by atoms with van der Waals surface area (Å²) in [6.07, 6.45) is 15.7. The Balaban J connectivity index is 3.30. The molecular weight excluding hydrogens is 242 g/mol. The topological polar surface area (TPSA) is 12.0 Å². The molecule has 0 aromatic carbocycles. The van der Waals surface area contributed by atoms with Gasteiger partial charge in [-0.1, -0.05) is 98.8 Å². The molecule has 0 atom stereocenters. The van der Waals surface area contributed by atoms with Crippen molar-refractivity contribution in [3.8, 4) is 0 Å². The average molecular weight is 284 g/mol. The average Bonchev–Trinajstić information content (AvgIpc) is 2.39. The predicted molar refractivity (Wildman–Crippen MR) is 93.4 cm³/mol. The van der Waals surface area contributed by atoms with Crippen LogP contribution in [-0.4, -0.2) is 12.6 Å². The molecule has 0 aromatic rings. The van der Waals surface area contributed by atoms with E-state index in [1.165, 1.54) is 70.6 Å². The van der Waals surface area contributed by atoms with Crippen LogP contribution < -0.4 is 5.32 Å². The second-order valence-electron chi connectivity index (χ2n) is 7.63. The van der Waals surface area contributed by atoms with E-state index in [0.29, 0.717) is 11.5 Å². The van der Waals surface area contributed by atoms with Gasteiger partial charge in [0.25, 0.3) is 0 Å². The van der Waals surface area contributed by atoms with Gasteiger partial charge in [0.2, 0.25) is 0 Å². The third-order valence-electron chi connectivity index (χ3n) is 4.20. The van der Waals surface area contributed by atoms with Crippen LogP contribution in [0.25, 0.3) is 0 Å². The molecule has 1 nitrogen and oxygen atoms in total. The molecule has 1 N–H and O–H groups in total. The Morgan fingerprint density at radius 3 is 1.65 bits per heavy atom. The van der Waals surface area contributed by atoms with Crippen LogP contribution in [-0.2, 0) is 0 Å². The Morgan fingerprint density at radius 1 is 0.750 bits per heavy atom. The maximum Gasteiger partial charge on any atom is 0.00106 e. The standard InChI is InChI=1S/C19H41N/c1-6-7-8-9-10-11-12-13-14-15-16-19(4,5)17-20-18(2)3/h18,20H,6-17H2,1-5H3. The Bertz CT molecular complexity index is 196. The van der Waals surface area contributed by atoms with Crippen LogP contribution in [0.1, 0.15) is 105 Å². The predicted octanol–water partition coefficient (Wildman–Crippen LogP) is 6.32. The van der Waals surface area contributed by atoms with Crippen LogP contribution in [0.15, 0.2) is 0 Å². The first-order valence-corrected chi connectivity index (χ1v) is 9.21. The second kappa shape index (κ2) is 12.7. The molecule has 0 fully saturated rings. The Hall–Kier alpha value is -0.0400. The maximum absolute atomic E-state index is 3.57. The number of hydrogen-bond donors (Lipinski definition) is 1. The lowest BCUT2D eigenvalue weighted by Crippen LogP contribution is -2.33. The molecule has 0 unspecified atom stereocenters. The molecule has 0 saturated carbocycles. The van der Waals surface area contributed by atoms with Gasteiger partial charge in [-0.2, -0.15) is 0 Å². The Kier molecular flexibility index (Phi) is 12.7. The Labute approximate surface area is 129 Å². The molecule has 0 aliphatic carbocycles. The molecule has 1 heteroatoms. The molecule has 0 spiro atoms. The van der Waals surface area contributed by atoms with E-state index < -0.39 is 0 Å². The molecule has 122 valence electrons. The van der Waals surface area contributed by atoms with Crippen LogP contribution >= 0.6 is 0 Å². The molecule has 0 bridgehead atoms. The van der Waals surface area contributed by atoms with Gasteiger partial charge in [0.15, 0.2) is 0 Å². The summed E-state index contributed by atoms with van der Waals surface area (Å²) in [6.45, 7) is 12.7. The Morgan fingerprint density at radius 2 is 1.20 bits per heavy atom. The highest BCUT2D eigenvalue weighted by atomic mass is 14.9. The van der Waals surface area contributed by atoms with Crippen LogP contribution in [0.3, 0.4) is 0 Å². The highest BCUT2D eigenvalue weighted by molar-refractivity contribution is 4.72. The molecule has 0 heterocycles. The summed E-state index contributed by atoms with van der Waals surface area (Å²) in [4.78, 5) is 0. The van der Waals surface area contributed by atoms with E-state index >= 15 is 0 Å². The zero-order valence-electron chi connectivity index (χ0n) is 15.1. The van der Waals surface area contributed by atoms with Gasteiger partial charge < -0.3 is 5.32 Å². The molecule has 0 saturated heterocycles. The molecule has 0 radical (unpaired) electrons. The maximum atomic E-state index is 3.57. The zero-order valence-corrected chi connectivity index (χ0v) is 15.1. The quantitative estimate of drug-likeness (QED) is 0.368. The third-order valence-corrected chi connectivity index (χ3v) is 4.20. The molecule has 0 amide bonds. The zero-order chi connectivity index (χ0) is 15.3. The van der Waals surface area contributed by atoms with Crippen molar-refractivity contribution in [2.75, 3.05) is 6.54 Å². The summed E-state index contributed by atoms with van der Waals surface area (Å²) in [7, 11) is 0. The fourth-order valence-electron chi connectivity index (χ4n) is 2.66. The lowest BCUT2D eigenvalue weighted by atomic mass is 9.86. The van der Waals surface area contributed by atoms with E-state index in [1.54, 1.807) is 0 Å². The van der Waals surface area contributed by atoms with Gasteiger partial charge in [0.05, 0.1) is 0 Å². The van der Waals surface area contributed by atoms with Gasteiger partial charge in [0, 0.05) is 12.6 Å². The molecule has 0 rings (SSSR count). The molecular formula is C19H41N. The number of hydrogen-bond acceptors (Lipinski definition) is 1. The van der Waals surface area contributed by atoms with E-state index in [4.69, 9.17) is 0 Å². The molecule has 0 aliphatic rings. The highest BCUT2D eigenvalue weighted by Crippen LogP contribution is 2.23. The molecule has 20 heavy (non-hydrogen) atoms. The molecule has 0 aromatic heterocycles. The van der Waals surface area contributed by atoms with Crippen molar-refractivity contribution in [3.05, 3.63) is 0 Å². The van der Waals surface area contributed by atoms with Gasteiger partial charge in [-0.3, -0.25) is 0 Å². The lowest BCUT2D eigenvalue weighted by Gasteiger charge is -2.26. The minimum atomic E-state index is 0.463. The minimum Gasteiger partial charge on any atom is -0.314 e. The number of rotatable bonds is 14. The largest absolute Gasteiger partial charge is 0.314 e. The van der Waals surface area contributed by atoms with E-state index in [2.05, 4.69) is 39.9 Å². The van der Waals surface area contributed by atoms with Crippen molar-refractivity contribution in [1.29, 1.82) is 0 Å². The van der Waals surface area contributed by atoms with E-state index in [-0.39, 0.29) is 0 Å². The van der Waals surface area contributed by atoms with E-state index in [0.717, 1.165) is 6.54 Å². The highest BCUT2D eigenvalue weighted by Gasteiger charge is 2.16. The SMILES string of the molecule is CCCCCCCCCCCCC(C)(C)CNC(C)C. The van der Waals surface area contributed by atoms with Crippen molar-refractivity contribution in [2.24, 2.45) is 5.41 Å². The summed E-state index contributed by atoms with van der Waals surface area (Å²) in [5.74, 6) is 0. The van der Waals surface area contributed by atoms with Gasteiger partial charge >= 0.3 is 0 Å². The normalized spacial score (nSPS) is 12.3. The second-order valence-corrected chi connectivity index (χ2v) is 7.63. The van der Waals surface area contributed by atoms with Crippen LogP contribution in [0.5, 0.6) is 0 Å². The summed E-state index contributed by atoms with van der Waals surface area (Å²) < 4.78 is 0. The van der Waals surface area contributed by atoms with Gasteiger partial charge in [-0.15, -0.1) is 0 Å². The van der Waals surface area contributed by atoms with Gasteiger partial charge in [0.1, 0.15) is 0 Å². The van der Waals surface area contributed by atoms with E-state index in [1.807, 2.05) is 0 Å². The summed E-state index contributed by atoms with van der Waals surface area (Å²) >= 11 is 0. The summed E-state index contributed by atoms with van der Waals surface area (Å²) in [5, 5.41) is 3.57. The third kappa shape index (κ3) is 14.4. The van der Waals surface area contributed by atoms with Crippen molar-refractivity contribution < 1.29 is 0 Å². The summed E-state index contributed by atoms with van der Waals surface area (Å²) in [6, 6.07) is 0.613. The first kappa shape index (κ1) is 20.0. The minimum absolute atomic E-state index is 0.463. The van der Waals surface area contributed by atoms with Crippen LogP contribution in [0.4, 0.5) is 0 Å².